The molecule has 0 amide bonds. The van der Waals surface area contributed by atoms with Gasteiger partial charge in [-0.25, -0.2) is 11.0 Å². The van der Waals surface area contributed by atoms with Crippen LogP contribution in [-0.4, -0.2) is 11.5 Å². The van der Waals surface area contributed by atoms with Crippen molar-refractivity contribution in [2.45, 2.75) is 6.42 Å². The molecule has 11 heavy (non-hydrogen) atoms. The molecular formula is C8H7FN2. The minimum atomic E-state index is -0.323. The highest BCUT2D eigenvalue weighted by Gasteiger charge is 2.01. The fourth-order valence-corrected chi connectivity index (χ4v) is 0.764. The summed E-state index contributed by atoms with van der Waals surface area (Å²) in [5.41, 5.74) is 0.378. The van der Waals surface area contributed by atoms with Crippen molar-refractivity contribution in [3.05, 3.63) is 41.3 Å². The molecular weight excluding hydrogens is 143 g/mol. The molecule has 0 saturated carbocycles. The summed E-state index contributed by atoms with van der Waals surface area (Å²) < 4.78 is 12.7. The smallest absolute Gasteiger partial charge is 0.220 e. The molecule has 0 atom stereocenters. The van der Waals surface area contributed by atoms with Gasteiger partial charge >= 0.3 is 0 Å². The van der Waals surface area contributed by atoms with Crippen molar-refractivity contribution in [3.8, 4) is 0 Å². The summed E-state index contributed by atoms with van der Waals surface area (Å²) in [6.45, 7) is 6.80. The molecule has 0 aromatic carbocycles. The molecule has 3 heteroatoms. The van der Waals surface area contributed by atoms with E-state index in [1.807, 2.05) is 0 Å². The first kappa shape index (κ1) is 7.67. The summed E-state index contributed by atoms with van der Waals surface area (Å²) >= 11 is 0. The van der Waals surface area contributed by atoms with Crippen LogP contribution in [0.2, 0.25) is 0 Å². The Hall–Kier alpha value is -1.43. The van der Waals surface area contributed by atoms with Gasteiger partial charge in [0.2, 0.25) is 6.54 Å². The Kier molecular flexibility index (Phi) is 2.56. The Morgan fingerprint density at radius 3 is 3.09 bits per heavy atom. The fraction of sp³-hybridized carbons (Fsp3) is 0.250. The molecule has 0 aliphatic heterocycles. The highest BCUT2D eigenvalue weighted by atomic mass is 19.1. The zero-order valence-electron chi connectivity index (χ0n) is 5.92. The van der Waals surface area contributed by atoms with E-state index in [-0.39, 0.29) is 5.82 Å². The maximum absolute atomic E-state index is 12.7. The molecule has 1 aromatic heterocycles. The third kappa shape index (κ3) is 2.01. The van der Waals surface area contributed by atoms with Gasteiger partial charge in [0, 0.05) is 6.20 Å². The van der Waals surface area contributed by atoms with Crippen LogP contribution in [0.4, 0.5) is 4.39 Å². The van der Waals surface area contributed by atoms with Gasteiger partial charge in [-0.1, -0.05) is 0 Å². The van der Waals surface area contributed by atoms with Crippen LogP contribution in [0.25, 0.3) is 4.85 Å². The van der Waals surface area contributed by atoms with Gasteiger partial charge < -0.3 is 4.85 Å². The first-order chi connectivity index (χ1) is 5.34. The average molecular weight is 150 g/mol. The van der Waals surface area contributed by atoms with E-state index in [1.54, 1.807) is 0 Å². The van der Waals surface area contributed by atoms with Gasteiger partial charge in [0.15, 0.2) is 0 Å². The lowest BCUT2D eigenvalue weighted by atomic mass is 10.2. The second-order valence-corrected chi connectivity index (χ2v) is 2.06. The SMILES string of the molecule is [C-]#[N+]CCc1ncccc1F. The number of hydrogen-bond donors (Lipinski definition) is 0. The number of halogens is 1. The van der Waals surface area contributed by atoms with Crippen molar-refractivity contribution in [1.29, 1.82) is 0 Å². The molecule has 0 saturated heterocycles. The van der Waals surface area contributed by atoms with Crippen molar-refractivity contribution < 1.29 is 4.39 Å². The topological polar surface area (TPSA) is 17.2 Å². The molecule has 0 N–H and O–H groups in total. The van der Waals surface area contributed by atoms with Crippen molar-refractivity contribution >= 4 is 0 Å². The maximum Gasteiger partial charge on any atom is 0.220 e. The van der Waals surface area contributed by atoms with Crippen molar-refractivity contribution in [2.24, 2.45) is 0 Å². The second-order valence-electron chi connectivity index (χ2n) is 2.06. The molecule has 2 nitrogen and oxygen atoms in total. The van der Waals surface area contributed by atoms with E-state index in [0.29, 0.717) is 18.7 Å². The number of pyridine rings is 1. The zero-order chi connectivity index (χ0) is 8.10. The maximum atomic E-state index is 12.7. The molecule has 0 unspecified atom stereocenters. The van der Waals surface area contributed by atoms with Gasteiger partial charge in [0.25, 0.3) is 0 Å². The lowest BCUT2D eigenvalue weighted by Gasteiger charge is -1.94. The largest absolute Gasteiger partial charge is 0.317 e. The fourth-order valence-electron chi connectivity index (χ4n) is 0.764. The van der Waals surface area contributed by atoms with E-state index in [4.69, 9.17) is 6.57 Å². The highest BCUT2D eigenvalue weighted by molar-refractivity contribution is 5.07. The van der Waals surface area contributed by atoms with Crippen LogP contribution in [-0.2, 0) is 6.42 Å². The molecule has 0 bridgehead atoms. The molecule has 1 aromatic rings. The van der Waals surface area contributed by atoms with E-state index < -0.39 is 0 Å². The van der Waals surface area contributed by atoms with Crippen LogP contribution < -0.4 is 0 Å². The van der Waals surface area contributed by atoms with Gasteiger partial charge in [0.05, 0.1) is 12.1 Å². The zero-order valence-corrected chi connectivity index (χ0v) is 5.92. The number of nitrogens with zero attached hydrogens (tertiary/aromatic N) is 2. The molecule has 0 fully saturated rings. The number of aromatic nitrogens is 1. The van der Waals surface area contributed by atoms with Gasteiger partial charge in [-0.2, -0.15) is 0 Å². The summed E-state index contributed by atoms with van der Waals surface area (Å²) in [7, 11) is 0. The van der Waals surface area contributed by atoms with E-state index in [9.17, 15) is 4.39 Å². The Morgan fingerprint density at radius 2 is 2.45 bits per heavy atom. The van der Waals surface area contributed by atoms with E-state index in [0.717, 1.165) is 0 Å². The quantitative estimate of drug-likeness (QED) is 0.586. The number of rotatable bonds is 2. The van der Waals surface area contributed by atoms with Crippen LogP contribution >= 0.6 is 0 Å². The molecule has 1 rings (SSSR count). The van der Waals surface area contributed by atoms with Gasteiger partial charge in [-0.15, -0.1) is 0 Å². The Balaban J connectivity index is 2.71. The van der Waals surface area contributed by atoms with Gasteiger partial charge in [-0.3, -0.25) is 4.98 Å². The van der Waals surface area contributed by atoms with E-state index in [2.05, 4.69) is 9.83 Å². The van der Waals surface area contributed by atoms with Crippen LogP contribution in [0.5, 0.6) is 0 Å². The Morgan fingerprint density at radius 1 is 1.64 bits per heavy atom. The summed E-state index contributed by atoms with van der Waals surface area (Å²) in [4.78, 5) is 6.91. The molecule has 0 aliphatic carbocycles. The number of hydrogen-bond acceptors (Lipinski definition) is 1. The van der Waals surface area contributed by atoms with E-state index in [1.165, 1.54) is 18.3 Å². The Labute approximate surface area is 64.5 Å². The highest BCUT2D eigenvalue weighted by Crippen LogP contribution is 2.02. The van der Waals surface area contributed by atoms with E-state index >= 15 is 0 Å². The first-order valence-corrected chi connectivity index (χ1v) is 3.27. The molecule has 56 valence electrons. The molecule has 0 aliphatic rings. The lowest BCUT2D eigenvalue weighted by Crippen LogP contribution is -1.95. The van der Waals surface area contributed by atoms with Crippen LogP contribution in [0.1, 0.15) is 5.69 Å². The predicted octanol–water partition coefficient (Wildman–Crippen LogP) is 1.68. The molecule has 1 heterocycles. The predicted molar refractivity (Wildman–Crippen MR) is 39.4 cm³/mol. The van der Waals surface area contributed by atoms with Crippen molar-refractivity contribution in [2.75, 3.05) is 6.54 Å². The standard InChI is InChI=1S/C8H7FN2/c1-10-6-4-8-7(9)3-2-5-11-8/h2-3,5H,4,6H2. The van der Waals surface area contributed by atoms with Gasteiger partial charge in [-0.05, 0) is 12.1 Å². The summed E-state index contributed by atoms with van der Waals surface area (Å²) in [5.74, 6) is -0.323. The van der Waals surface area contributed by atoms with Crippen molar-refractivity contribution in [1.82, 2.24) is 4.98 Å². The third-order valence-corrected chi connectivity index (χ3v) is 1.30. The summed E-state index contributed by atoms with van der Waals surface area (Å²) in [5, 5.41) is 0. The Bertz CT molecular complexity index is 278. The summed E-state index contributed by atoms with van der Waals surface area (Å²) in [6, 6.07) is 2.89. The minimum Gasteiger partial charge on any atom is -0.317 e. The lowest BCUT2D eigenvalue weighted by molar-refractivity contribution is 0.601. The van der Waals surface area contributed by atoms with Crippen molar-refractivity contribution in [3.63, 3.8) is 0 Å². The van der Waals surface area contributed by atoms with Crippen LogP contribution in [0, 0.1) is 12.4 Å². The normalized spacial score (nSPS) is 9.09. The molecule has 0 spiro atoms. The first-order valence-electron chi connectivity index (χ1n) is 3.27. The average Bonchev–Trinajstić information content (AvgIpc) is 2.03. The third-order valence-electron chi connectivity index (χ3n) is 1.30. The minimum absolute atomic E-state index is 0.300. The van der Waals surface area contributed by atoms with Gasteiger partial charge in [0.1, 0.15) is 5.82 Å². The van der Waals surface area contributed by atoms with Crippen LogP contribution in [0.15, 0.2) is 18.3 Å². The summed E-state index contributed by atoms with van der Waals surface area (Å²) in [6.07, 6.45) is 1.93. The monoisotopic (exact) mass is 150 g/mol. The molecule has 0 radical (unpaired) electrons. The second kappa shape index (κ2) is 3.67. The van der Waals surface area contributed by atoms with Crippen LogP contribution in [0.3, 0.4) is 0 Å².